The molecular weight excluding hydrogens is 357 g/mol. The lowest BCUT2D eigenvalue weighted by atomic mass is 10.0. The fraction of sp³-hybridized carbons (Fsp3) is 0.300. The van der Waals surface area contributed by atoms with Gasteiger partial charge < -0.3 is 10.2 Å². The number of rotatable bonds is 5. The predicted molar refractivity (Wildman–Crippen MR) is 98.6 cm³/mol. The highest BCUT2D eigenvalue weighted by molar-refractivity contribution is 6.02. The van der Waals surface area contributed by atoms with Crippen LogP contribution in [0, 0.1) is 0 Å². The maximum Gasteiger partial charge on any atom is 0.418 e. The van der Waals surface area contributed by atoms with Crippen LogP contribution >= 0.6 is 0 Å². The van der Waals surface area contributed by atoms with E-state index in [1.54, 1.807) is 12.1 Å². The van der Waals surface area contributed by atoms with Gasteiger partial charge in [0.15, 0.2) is 0 Å². The van der Waals surface area contributed by atoms with Gasteiger partial charge in [-0.2, -0.15) is 13.2 Å². The third kappa shape index (κ3) is 5.32. The van der Waals surface area contributed by atoms with Gasteiger partial charge in [-0.05, 0) is 35.7 Å². The first kappa shape index (κ1) is 20.5. The number of benzene rings is 2. The molecule has 0 aliphatic rings. The molecule has 4 nitrogen and oxygen atoms in total. The van der Waals surface area contributed by atoms with E-state index in [-0.39, 0.29) is 18.1 Å². The molecule has 0 bridgehead atoms. The summed E-state index contributed by atoms with van der Waals surface area (Å²) in [6.45, 7) is 4.97. The number of nitrogens with one attached hydrogen (secondary N) is 1. The Morgan fingerprint density at radius 2 is 1.63 bits per heavy atom. The minimum absolute atomic E-state index is 0.312. The van der Waals surface area contributed by atoms with Crippen molar-refractivity contribution in [3.63, 3.8) is 0 Å². The van der Waals surface area contributed by atoms with E-state index in [4.69, 9.17) is 0 Å². The van der Waals surface area contributed by atoms with Crippen LogP contribution in [0.2, 0.25) is 0 Å². The van der Waals surface area contributed by atoms with Crippen molar-refractivity contribution in [3.8, 4) is 0 Å². The second-order valence-corrected chi connectivity index (χ2v) is 6.44. The highest BCUT2D eigenvalue weighted by Gasteiger charge is 2.33. The summed E-state index contributed by atoms with van der Waals surface area (Å²) in [7, 11) is 0. The molecule has 7 heteroatoms. The Hall–Kier alpha value is -2.83. The van der Waals surface area contributed by atoms with Gasteiger partial charge in [0, 0.05) is 12.6 Å². The van der Waals surface area contributed by atoms with Gasteiger partial charge in [-0.25, -0.2) is 0 Å². The summed E-state index contributed by atoms with van der Waals surface area (Å²) in [5.74, 6) is -0.784. The first-order chi connectivity index (χ1) is 12.6. The fourth-order valence-electron chi connectivity index (χ4n) is 2.60. The molecule has 0 aromatic heterocycles. The lowest BCUT2D eigenvalue weighted by Crippen LogP contribution is -2.37. The number of alkyl halides is 3. The van der Waals surface area contributed by atoms with Crippen molar-refractivity contribution in [1.82, 2.24) is 0 Å². The summed E-state index contributed by atoms with van der Waals surface area (Å²) >= 11 is 0. The Bertz CT molecular complexity index is 815. The third-order valence-electron chi connectivity index (χ3n) is 4.06. The fourth-order valence-corrected chi connectivity index (χ4v) is 2.60. The molecule has 0 heterocycles. The molecule has 0 aliphatic carbocycles. The normalized spacial score (nSPS) is 11.4. The van der Waals surface area contributed by atoms with Gasteiger partial charge >= 0.3 is 6.18 Å². The molecule has 2 aromatic carbocycles. The van der Waals surface area contributed by atoms with Gasteiger partial charge in [0.05, 0.1) is 11.3 Å². The number of para-hydroxylation sites is 1. The molecule has 0 aliphatic heterocycles. The molecule has 2 rings (SSSR count). The number of anilines is 2. The summed E-state index contributed by atoms with van der Waals surface area (Å²) in [5.41, 5.74) is 0.305. The third-order valence-corrected chi connectivity index (χ3v) is 4.06. The van der Waals surface area contributed by atoms with Crippen molar-refractivity contribution in [2.45, 2.75) is 32.9 Å². The topological polar surface area (TPSA) is 49.4 Å². The molecule has 2 amide bonds. The molecule has 144 valence electrons. The van der Waals surface area contributed by atoms with Crippen LogP contribution < -0.4 is 10.2 Å². The van der Waals surface area contributed by atoms with E-state index in [0.29, 0.717) is 11.6 Å². The highest BCUT2D eigenvalue weighted by Crippen LogP contribution is 2.34. The van der Waals surface area contributed by atoms with Crippen LogP contribution in [0.5, 0.6) is 0 Å². The van der Waals surface area contributed by atoms with Gasteiger partial charge in [-0.3, -0.25) is 9.59 Å². The number of carbonyl (C=O) groups is 2. The molecule has 0 radical (unpaired) electrons. The van der Waals surface area contributed by atoms with Crippen LogP contribution in [0.1, 0.15) is 37.8 Å². The monoisotopic (exact) mass is 378 g/mol. The van der Waals surface area contributed by atoms with Gasteiger partial charge in [-0.15, -0.1) is 0 Å². The van der Waals surface area contributed by atoms with Crippen molar-refractivity contribution >= 4 is 23.2 Å². The van der Waals surface area contributed by atoms with Crippen LogP contribution in [-0.4, -0.2) is 18.4 Å². The summed E-state index contributed by atoms with van der Waals surface area (Å²) in [6.07, 6.45) is -4.59. The Balaban J connectivity index is 2.18. The average molecular weight is 378 g/mol. The van der Waals surface area contributed by atoms with Crippen molar-refractivity contribution < 1.29 is 22.8 Å². The molecule has 0 unspecified atom stereocenters. The molecular formula is C20H21F3N2O2. The first-order valence-electron chi connectivity index (χ1n) is 8.43. The van der Waals surface area contributed by atoms with E-state index in [1.165, 1.54) is 30.0 Å². The standard InChI is InChI=1S/C20H21F3N2O2/c1-13(2)15-8-10-16(11-9-15)25(14(3)26)12-19(27)24-18-7-5-4-6-17(18)20(21,22)23/h4-11,13H,12H2,1-3H3,(H,24,27). The van der Waals surface area contributed by atoms with Crippen LogP contribution in [-0.2, 0) is 15.8 Å². The zero-order valence-electron chi connectivity index (χ0n) is 15.3. The minimum atomic E-state index is -4.59. The van der Waals surface area contributed by atoms with E-state index >= 15 is 0 Å². The van der Waals surface area contributed by atoms with Crippen molar-refractivity contribution in [2.75, 3.05) is 16.8 Å². The summed E-state index contributed by atoms with van der Waals surface area (Å²) < 4.78 is 39.1. The number of halogens is 3. The van der Waals surface area contributed by atoms with E-state index in [2.05, 4.69) is 5.32 Å². The first-order valence-corrected chi connectivity index (χ1v) is 8.43. The van der Waals surface area contributed by atoms with E-state index < -0.39 is 17.6 Å². The number of hydrogen-bond acceptors (Lipinski definition) is 2. The smallest absolute Gasteiger partial charge is 0.324 e. The number of amides is 2. The van der Waals surface area contributed by atoms with E-state index in [1.807, 2.05) is 26.0 Å². The molecule has 27 heavy (non-hydrogen) atoms. The van der Waals surface area contributed by atoms with Crippen LogP contribution in [0.3, 0.4) is 0 Å². The second kappa shape index (κ2) is 8.24. The number of carbonyl (C=O) groups excluding carboxylic acids is 2. The molecule has 1 N–H and O–H groups in total. The summed E-state index contributed by atoms with van der Waals surface area (Å²) in [5, 5.41) is 2.25. The largest absolute Gasteiger partial charge is 0.418 e. The molecule has 0 atom stereocenters. The molecule has 0 saturated carbocycles. The van der Waals surface area contributed by atoms with Gasteiger partial charge in [0.2, 0.25) is 11.8 Å². The molecule has 2 aromatic rings. The second-order valence-electron chi connectivity index (χ2n) is 6.44. The molecule has 0 spiro atoms. The number of hydrogen-bond donors (Lipinski definition) is 1. The SMILES string of the molecule is CC(=O)N(CC(=O)Nc1ccccc1C(F)(F)F)c1ccc(C(C)C)cc1. The maximum absolute atomic E-state index is 13.0. The van der Waals surface area contributed by atoms with Crippen molar-refractivity contribution in [2.24, 2.45) is 0 Å². The summed E-state index contributed by atoms with van der Waals surface area (Å²) in [4.78, 5) is 25.4. The average Bonchev–Trinajstić information content (AvgIpc) is 2.59. The molecule has 0 fully saturated rings. The lowest BCUT2D eigenvalue weighted by Gasteiger charge is -2.22. The van der Waals surface area contributed by atoms with Crippen LogP contribution in [0.4, 0.5) is 24.5 Å². The van der Waals surface area contributed by atoms with Gasteiger partial charge in [-0.1, -0.05) is 38.1 Å². The van der Waals surface area contributed by atoms with E-state index in [0.717, 1.165) is 11.6 Å². The predicted octanol–water partition coefficient (Wildman–Crippen LogP) is 4.82. The minimum Gasteiger partial charge on any atom is -0.324 e. The van der Waals surface area contributed by atoms with Crippen molar-refractivity contribution in [1.29, 1.82) is 0 Å². The van der Waals surface area contributed by atoms with Gasteiger partial charge in [0.1, 0.15) is 6.54 Å². The zero-order valence-corrected chi connectivity index (χ0v) is 15.3. The van der Waals surface area contributed by atoms with Crippen LogP contribution in [0.25, 0.3) is 0 Å². The lowest BCUT2D eigenvalue weighted by molar-refractivity contribution is -0.137. The van der Waals surface area contributed by atoms with Crippen LogP contribution in [0.15, 0.2) is 48.5 Å². The Labute approximate surface area is 156 Å². The van der Waals surface area contributed by atoms with Gasteiger partial charge in [0.25, 0.3) is 0 Å². The Morgan fingerprint density at radius 3 is 2.15 bits per heavy atom. The Kier molecular flexibility index (Phi) is 6.25. The number of nitrogens with zero attached hydrogens (tertiary/aromatic N) is 1. The van der Waals surface area contributed by atoms with E-state index in [9.17, 15) is 22.8 Å². The highest BCUT2D eigenvalue weighted by atomic mass is 19.4. The maximum atomic E-state index is 13.0. The Morgan fingerprint density at radius 1 is 1.04 bits per heavy atom. The zero-order chi connectivity index (χ0) is 20.2. The summed E-state index contributed by atoms with van der Waals surface area (Å²) in [6, 6.07) is 11.9. The quantitative estimate of drug-likeness (QED) is 0.811. The van der Waals surface area contributed by atoms with Crippen molar-refractivity contribution in [3.05, 3.63) is 59.7 Å². The molecule has 0 saturated heterocycles.